The molecule has 2 aromatic rings. The smallest absolute Gasteiger partial charge is 0.319 e. The third-order valence-corrected chi connectivity index (χ3v) is 3.26. The molecule has 13 heteroatoms. The second-order valence-electron chi connectivity index (χ2n) is 5.22. The van der Waals surface area contributed by atoms with E-state index in [1.54, 1.807) is 0 Å². The van der Waals surface area contributed by atoms with Crippen LogP contribution in [-0.4, -0.2) is 15.7 Å². The van der Waals surface area contributed by atoms with Crippen LogP contribution >= 0.6 is 0 Å². The summed E-state index contributed by atoms with van der Waals surface area (Å²) in [4.78, 5) is 11.8. The lowest BCUT2D eigenvalue weighted by Crippen LogP contribution is -2.24. The van der Waals surface area contributed by atoms with Crippen LogP contribution in [-0.2, 0) is 17.5 Å². The summed E-state index contributed by atoms with van der Waals surface area (Å²) in [5, 5.41) is 4.85. The summed E-state index contributed by atoms with van der Waals surface area (Å²) in [6.45, 7) is 0.261. The average Bonchev–Trinajstić information content (AvgIpc) is 2.89. The zero-order valence-electron chi connectivity index (χ0n) is 13.1. The number of carbonyl (C=O) groups excluding carboxylic acids is 1. The highest BCUT2D eigenvalue weighted by molar-refractivity contribution is 5.91. The number of nitrogens with one attached hydrogen (secondary N) is 1. The Morgan fingerprint density at radius 3 is 2.07 bits per heavy atom. The molecule has 1 N–H and O–H groups in total. The molecule has 1 aromatic heterocycles. The van der Waals surface area contributed by atoms with Gasteiger partial charge < -0.3 is 5.32 Å². The third-order valence-electron chi connectivity index (χ3n) is 3.26. The normalized spacial score (nSPS) is 12.0. The van der Waals surface area contributed by atoms with Crippen molar-refractivity contribution in [1.82, 2.24) is 9.78 Å². The summed E-state index contributed by atoms with van der Waals surface area (Å²) in [6, 6.07) is 0.913. The predicted octanol–water partition coefficient (Wildman–Crippen LogP) is 4.34. The quantitative estimate of drug-likeness (QED) is 0.608. The Kier molecular flexibility index (Phi) is 5.42. The van der Waals surface area contributed by atoms with Gasteiger partial charge in [-0.3, -0.25) is 9.48 Å². The highest BCUT2D eigenvalue weighted by Crippen LogP contribution is 2.38. The number of amides is 1. The van der Waals surface area contributed by atoms with E-state index < -0.39 is 65.3 Å². The number of aromatic nitrogens is 2. The van der Waals surface area contributed by atoms with Crippen LogP contribution in [0.25, 0.3) is 0 Å². The summed E-state index contributed by atoms with van der Waals surface area (Å²) >= 11 is 0. The zero-order valence-corrected chi connectivity index (χ0v) is 13.1. The van der Waals surface area contributed by atoms with E-state index in [1.165, 1.54) is 12.2 Å². The summed E-state index contributed by atoms with van der Waals surface area (Å²) in [5.41, 5.74) is -5.29. The van der Waals surface area contributed by atoms with Crippen LogP contribution in [0.1, 0.15) is 23.4 Å². The zero-order chi connectivity index (χ0) is 20.7. The van der Waals surface area contributed by atoms with E-state index in [2.05, 4.69) is 5.10 Å². The van der Waals surface area contributed by atoms with Gasteiger partial charge >= 0.3 is 6.18 Å². The maximum atomic E-state index is 13.7. The highest BCUT2D eigenvalue weighted by Gasteiger charge is 2.42. The molecule has 0 saturated carbocycles. The number of nitrogens with zero attached hydrogens (tertiary/aromatic N) is 2. The minimum absolute atomic E-state index is 0.0714. The second kappa shape index (κ2) is 7.12. The summed E-state index contributed by atoms with van der Waals surface area (Å²) in [6.07, 6.45) is -8.80. The molecule has 0 fully saturated rings. The van der Waals surface area contributed by atoms with Crippen molar-refractivity contribution < 1.29 is 44.3 Å². The molecule has 0 saturated heterocycles. The molecule has 0 aliphatic carbocycles. The first-order valence-electron chi connectivity index (χ1n) is 6.90. The van der Waals surface area contributed by atoms with Crippen LogP contribution in [0.3, 0.4) is 0 Å². The van der Waals surface area contributed by atoms with Crippen molar-refractivity contribution in [1.29, 1.82) is 0 Å². The van der Waals surface area contributed by atoms with Crippen molar-refractivity contribution in [3.8, 4) is 0 Å². The second-order valence-corrected chi connectivity index (χ2v) is 5.22. The minimum Gasteiger partial charge on any atom is -0.319 e. The number of anilines is 1. The lowest BCUT2D eigenvalue weighted by atomic mass is 10.1. The Balaban J connectivity index is 2.37. The molecule has 1 amide bonds. The molecule has 0 aliphatic rings. The SMILES string of the molecule is Cc1cc(C(F)F)n(CC(=O)Nc2c(F)c(F)c(C(F)(F)F)c(F)c2F)n1. The van der Waals surface area contributed by atoms with Crippen molar-refractivity contribution >= 4 is 11.6 Å². The molecule has 0 atom stereocenters. The molecule has 0 unspecified atom stereocenters. The van der Waals surface area contributed by atoms with Crippen molar-refractivity contribution in [2.45, 2.75) is 26.1 Å². The molecule has 0 radical (unpaired) electrons. The molecule has 1 heterocycles. The lowest BCUT2D eigenvalue weighted by molar-refractivity contribution is -0.143. The van der Waals surface area contributed by atoms with Gasteiger partial charge in [-0.15, -0.1) is 0 Å². The van der Waals surface area contributed by atoms with Crippen molar-refractivity contribution in [2.24, 2.45) is 0 Å². The van der Waals surface area contributed by atoms with E-state index in [-0.39, 0.29) is 5.69 Å². The standard InChI is InChI=1S/C14H8F9N3O/c1-4-2-5(13(19)20)26(25-4)3-6(27)24-12-10(17)8(15)7(14(21,22)23)9(16)11(12)18/h2,13H,3H2,1H3,(H,24,27). The Bertz CT molecular complexity index is 860. The number of aryl methyl sites for hydroxylation is 1. The highest BCUT2D eigenvalue weighted by atomic mass is 19.4. The number of hydrogen-bond acceptors (Lipinski definition) is 2. The molecule has 0 bridgehead atoms. The first-order valence-corrected chi connectivity index (χ1v) is 6.90. The van der Waals surface area contributed by atoms with Crippen LogP contribution in [0.5, 0.6) is 0 Å². The Hall–Kier alpha value is -2.73. The van der Waals surface area contributed by atoms with Gasteiger partial charge in [-0.05, 0) is 13.0 Å². The first-order chi connectivity index (χ1) is 12.3. The largest absolute Gasteiger partial charge is 0.422 e. The van der Waals surface area contributed by atoms with Crippen molar-refractivity contribution in [3.05, 3.63) is 46.3 Å². The van der Waals surface area contributed by atoms with Crippen molar-refractivity contribution in [2.75, 3.05) is 5.32 Å². The number of benzene rings is 1. The Labute approximate surface area is 144 Å². The molecule has 0 aliphatic heterocycles. The van der Waals surface area contributed by atoms with Gasteiger partial charge in [0.2, 0.25) is 5.91 Å². The predicted molar refractivity (Wildman–Crippen MR) is 71.8 cm³/mol. The first kappa shape index (κ1) is 20.6. The van der Waals surface area contributed by atoms with Gasteiger partial charge in [0.15, 0.2) is 23.3 Å². The minimum atomic E-state index is -5.74. The van der Waals surface area contributed by atoms with Gasteiger partial charge in [0.05, 0.1) is 5.69 Å². The van der Waals surface area contributed by atoms with Gasteiger partial charge in [0, 0.05) is 0 Å². The molecule has 2 rings (SSSR count). The maximum Gasteiger partial charge on any atom is 0.422 e. The fourth-order valence-electron chi connectivity index (χ4n) is 2.17. The molecule has 0 spiro atoms. The molecular formula is C14H8F9N3O. The number of hydrogen-bond donors (Lipinski definition) is 1. The van der Waals surface area contributed by atoms with Crippen LogP contribution in [0, 0.1) is 30.2 Å². The molecular weight excluding hydrogens is 397 g/mol. The summed E-state index contributed by atoms with van der Waals surface area (Å²) in [5.74, 6) is -12.0. The van der Waals surface area contributed by atoms with Gasteiger partial charge in [-0.25, -0.2) is 26.3 Å². The lowest BCUT2D eigenvalue weighted by Gasteiger charge is -2.15. The monoisotopic (exact) mass is 405 g/mol. The van der Waals surface area contributed by atoms with E-state index in [4.69, 9.17) is 0 Å². The fourth-order valence-corrected chi connectivity index (χ4v) is 2.17. The number of alkyl halides is 5. The number of halogens is 9. The Morgan fingerprint density at radius 2 is 1.63 bits per heavy atom. The fraction of sp³-hybridized carbons (Fsp3) is 0.286. The van der Waals surface area contributed by atoms with Crippen LogP contribution in [0.15, 0.2) is 6.07 Å². The number of carbonyl (C=O) groups is 1. The van der Waals surface area contributed by atoms with Gasteiger partial charge in [-0.1, -0.05) is 0 Å². The van der Waals surface area contributed by atoms with Gasteiger partial charge in [-0.2, -0.15) is 18.3 Å². The van der Waals surface area contributed by atoms with Crippen LogP contribution in [0.2, 0.25) is 0 Å². The van der Waals surface area contributed by atoms with Crippen LogP contribution in [0.4, 0.5) is 45.2 Å². The van der Waals surface area contributed by atoms with E-state index in [9.17, 15) is 44.3 Å². The van der Waals surface area contributed by atoms with E-state index in [0.717, 1.165) is 6.07 Å². The maximum absolute atomic E-state index is 13.7. The third kappa shape index (κ3) is 4.01. The van der Waals surface area contributed by atoms with E-state index in [0.29, 0.717) is 4.68 Å². The topological polar surface area (TPSA) is 46.9 Å². The van der Waals surface area contributed by atoms with Crippen molar-refractivity contribution in [3.63, 3.8) is 0 Å². The molecule has 1 aromatic carbocycles. The van der Waals surface area contributed by atoms with Gasteiger partial charge in [0.25, 0.3) is 6.43 Å². The van der Waals surface area contributed by atoms with E-state index >= 15 is 0 Å². The molecule has 4 nitrogen and oxygen atoms in total. The van der Waals surface area contributed by atoms with E-state index in [1.807, 2.05) is 0 Å². The summed E-state index contributed by atoms with van der Waals surface area (Å²) < 4.78 is 118. The average molecular weight is 405 g/mol. The number of rotatable bonds is 4. The molecule has 148 valence electrons. The van der Waals surface area contributed by atoms with Crippen LogP contribution < -0.4 is 5.32 Å². The van der Waals surface area contributed by atoms with Gasteiger partial charge in [0.1, 0.15) is 23.5 Å². The summed E-state index contributed by atoms with van der Waals surface area (Å²) in [7, 11) is 0. The molecule has 27 heavy (non-hydrogen) atoms. The Morgan fingerprint density at radius 1 is 1.11 bits per heavy atom.